The molecule has 0 spiro atoms. The quantitative estimate of drug-likeness (QED) is 0.415. The lowest BCUT2D eigenvalue weighted by Gasteiger charge is -2.42. The highest BCUT2D eigenvalue weighted by Gasteiger charge is 2.34. The summed E-state index contributed by atoms with van der Waals surface area (Å²) in [5.41, 5.74) is 4.38. The summed E-state index contributed by atoms with van der Waals surface area (Å²) in [6.45, 7) is 4.14. The van der Waals surface area contributed by atoms with Gasteiger partial charge in [-0.15, -0.1) is 0 Å². The maximum absolute atomic E-state index is 13.4. The average Bonchev–Trinajstić information content (AvgIpc) is 3.30. The molecule has 0 saturated carbocycles. The standard InChI is InChI=1S/C27H29N7O4/c1-16-13-34(27(36)37)17(2)12-33(16)26(35)30-22-10-19-21(11-23(22)38-4)28-15-29-25(19)20-14-32(3)31-24(20)18-8-6-5-7-9-18/h5-11,14-17H,12-13H2,1-4H3,(H,30,35)(H,36,37)/t16-,17-/m0/s1. The molecule has 0 radical (unpaired) electrons. The Morgan fingerprint density at radius 3 is 2.45 bits per heavy atom. The number of carboxylic acid groups (broad SMARTS) is 1. The number of benzene rings is 2. The molecule has 0 aliphatic carbocycles. The fourth-order valence-corrected chi connectivity index (χ4v) is 4.90. The number of ether oxygens (including phenoxy) is 1. The van der Waals surface area contributed by atoms with Crippen LogP contribution in [-0.2, 0) is 7.05 Å². The van der Waals surface area contributed by atoms with E-state index in [0.29, 0.717) is 22.6 Å². The van der Waals surface area contributed by atoms with E-state index in [4.69, 9.17) is 4.74 Å². The Hall–Kier alpha value is -4.67. The fourth-order valence-electron chi connectivity index (χ4n) is 4.90. The summed E-state index contributed by atoms with van der Waals surface area (Å²) in [5.74, 6) is 0.454. The van der Waals surface area contributed by atoms with Crippen LogP contribution >= 0.6 is 0 Å². The number of fused-ring (bicyclic) bond motifs is 1. The molecule has 38 heavy (non-hydrogen) atoms. The van der Waals surface area contributed by atoms with Crippen LogP contribution in [-0.4, -0.2) is 79.1 Å². The van der Waals surface area contributed by atoms with Crippen LogP contribution in [0.4, 0.5) is 15.3 Å². The monoisotopic (exact) mass is 515 g/mol. The van der Waals surface area contributed by atoms with Gasteiger partial charge in [-0.2, -0.15) is 5.10 Å². The number of rotatable bonds is 4. The van der Waals surface area contributed by atoms with Crippen molar-refractivity contribution >= 4 is 28.7 Å². The van der Waals surface area contributed by atoms with Crippen molar-refractivity contribution in [3.8, 4) is 28.3 Å². The smallest absolute Gasteiger partial charge is 0.407 e. The molecule has 1 aliphatic heterocycles. The molecule has 0 bridgehead atoms. The minimum atomic E-state index is -0.988. The number of urea groups is 1. The van der Waals surface area contributed by atoms with Gasteiger partial charge in [-0.25, -0.2) is 19.6 Å². The van der Waals surface area contributed by atoms with E-state index in [1.54, 1.807) is 22.6 Å². The maximum Gasteiger partial charge on any atom is 0.407 e. The normalized spacial score (nSPS) is 17.5. The molecule has 1 fully saturated rings. The van der Waals surface area contributed by atoms with Gasteiger partial charge in [0.15, 0.2) is 0 Å². The molecule has 3 heterocycles. The van der Waals surface area contributed by atoms with Gasteiger partial charge in [-0.05, 0) is 19.9 Å². The Morgan fingerprint density at radius 1 is 1.03 bits per heavy atom. The first kappa shape index (κ1) is 25.0. The molecule has 2 N–H and O–H groups in total. The zero-order valence-corrected chi connectivity index (χ0v) is 21.6. The molecule has 196 valence electrons. The molecule has 1 aliphatic rings. The van der Waals surface area contributed by atoms with Gasteiger partial charge in [0.05, 0.1) is 24.0 Å². The van der Waals surface area contributed by atoms with E-state index in [1.807, 2.05) is 56.6 Å². The number of hydrogen-bond acceptors (Lipinski definition) is 6. The van der Waals surface area contributed by atoms with Gasteiger partial charge in [-0.3, -0.25) is 4.68 Å². The second-order valence-corrected chi connectivity index (χ2v) is 9.44. The third-order valence-electron chi connectivity index (χ3n) is 6.82. The third-order valence-corrected chi connectivity index (χ3v) is 6.82. The molecule has 2 atom stereocenters. The highest BCUT2D eigenvalue weighted by molar-refractivity contribution is 6.01. The van der Waals surface area contributed by atoms with E-state index in [1.165, 1.54) is 18.3 Å². The number of nitrogens with one attached hydrogen (secondary N) is 1. The third kappa shape index (κ3) is 4.58. The van der Waals surface area contributed by atoms with Crippen molar-refractivity contribution < 1.29 is 19.4 Å². The van der Waals surface area contributed by atoms with Crippen molar-refractivity contribution in [2.24, 2.45) is 7.05 Å². The summed E-state index contributed by atoms with van der Waals surface area (Å²) >= 11 is 0. The first-order chi connectivity index (χ1) is 18.3. The Labute approximate surface area is 219 Å². The van der Waals surface area contributed by atoms with E-state index in [2.05, 4.69) is 20.4 Å². The van der Waals surface area contributed by atoms with Crippen LogP contribution in [0, 0.1) is 0 Å². The van der Waals surface area contributed by atoms with E-state index in [9.17, 15) is 14.7 Å². The minimum absolute atomic E-state index is 0.236. The molecule has 5 rings (SSSR count). The number of anilines is 1. The average molecular weight is 516 g/mol. The number of carbonyl (C=O) groups excluding carboxylic acids is 1. The number of carbonyl (C=O) groups is 2. The van der Waals surface area contributed by atoms with Gasteiger partial charge < -0.3 is 25.0 Å². The van der Waals surface area contributed by atoms with Crippen molar-refractivity contribution in [2.45, 2.75) is 25.9 Å². The Bertz CT molecular complexity index is 1500. The van der Waals surface area contributed by atoms with Crippen molar-refractivity contribution in [1.29, 1.82) is 0 Å². The van der Waals surface area contributed by atoms with Gasteiger partial charge in [0.2, 0.25) is 0 Å². The molecule has 2 aromatic carbocycles. The first-order valence-corrected chi connectivity index (χ1v) is 12.3. The van der Waals surface area contributed by atoms with Gasteiger partial charge in [0.25, 0.3) is 0 Å². The van der Waals surface area contributed by atoms with Gasteiger partial charge in [0, 0.05) is 61.0 Å². The number of piperazine rings is 1. The Balaban J connectivity index is 1.53. The van der Waals surface area contributed by atoms with Crippen LogP contribution in [0.15, 0.2) is 55.0 Å². The maximum atomic E-state index is 13.4. The van der Waals surface area contributed by atoms with Crippen LogP contribution in [0.5, 0.6) is 5.75 Å². The lowest BCUT2D eigenvalue weighted by Crippen LogP contribution is -2.60. The molecule has 1 saturated heterocycles. The molecule has 3 amide bonds. The zero-order chi connectivity index (χ0) is 27.0. The number of aryl methyl sites for hydroxylation is 1. The molecular weight excluding hydrogens is 486 g/mol. The van der Waals surface area contributed by atoms with Gasteiger partial charge in [-0.1, -0.05) is 30.3 Å². The van der Waals surface area contributed by atoms with Crippen molar-refractivity contribution in [3.05, 3.63) is 55.0 Å². The largest absolute Gasteiger partial charge is 0.494 e. The minimum Gasteiger partial charge on any atom is -0.494 e. The number of hydrogen-bond donors (Lipinski definition) is 2. The Morgan fingerprint density at radius 2 is 1.74 bits per heavy atom. The van der Waals surface area contributed by atoms with Crippen molar-refractivity contribution in [1.82, 2.24) is 29.5 Å². The fraction of sp³-hybridized carbons (Fsp3) is 0.296. The number of amides is 3. The predicted molar refractivity (Wildman–Crippen MR) is 143 cm³/mol. The second-order valence-electron chi connectivity index (χ2n) is 9.44. The molecule has 0 unspecified atom stereocenters. The van der Waals surface area contributed by atoms with Gasteiger partial charge >= 0.3 is 12.1 Å². The summed E-state index contributed by atoms with van der Waals surface area (Å²) in [7, 11) is 3.39. The molecule has 4 aromatic rings. The topological polar surface area (TPSA) is 126 Å². The van der Waals surface area contributed by atoms with E-state index >= 15 is 0 Å². The lowest BCUT2D eigenvalue weighted by atomic mass is 10.0. The highest BCUT2D eigenvalue weighted by Crippen LogP contribution is 2.37. The predicted octanol–water partition coefficient (Wildman–Crippen LogP) is 4.31. The second kappa shape index (κ2) is 10.0. The summed E-state index contributed by atoms with van der Waals surface area (Å²) < 4.78 is 7.33. The Kier molecular flexibility index (Phi) is 6.58. The van der Waals surface area contributed by atoms with Gasteiger partial charge in [0.1, 0.15) is 17.8 Å². The molecule has 11 nitrogen and oxygen atoms in total. The number of aromatic nitrogens is 4. The number of methoxy groups -OCH3 is 1. The van der Waals surface area contributed by atoms with E-state index in [0.717, 1.165) is 22.2 Å². The van der Waals surface area contributed by atoms with E-state index in [-0.39, 0.29) is 31.2 Å². The molecular formula is C27H29N7O4. The summed E-state index contributed by atoms with van der Waals surface area (Å²) in [6, 6.07) is 12.5. The van der Waals surface area contributed by atoms with Crippen LogP contribution in [0.2, 0.25) is 0 Å². The summed E-state index contributed by atoms with van der Waals surface area (Å²) in [5, 5.41) is 17.8. The SMILES string of the molecule is COc1cc2ncnc(-c3cn(C)nc3-c3ccccc3)c2cc1NC(=O)N1C[C@H](C)N(C(=O)O)C[C@@H]1C. The number of nitrogens with zero attached hydrogens (tertiary/aromatic N) is 6. The van der Waals surface area contributed by atoms with Crippen molar-refractivity contribution in [3.63, 3.8) is 0 Å². The van der Waals surface area contributed by atoms with E-state index < -0.39 is 6.09 Å². The van der Waals surface area contributed by atoms with Crippen LogP contribution in [0.1, 0.15) is 13.8 Å². The molecule has 2 aromatic heterocycles. The van der Waals surface area contributed by atoms with Crippen LogP contribution < -0.4 is 10.1 Å². The highest BCUT2D eigenvalue weighted by atomic mass is 16.5. The first-order valence-electron chi connectivity index (χ1n) is 12.3. The van der Waals surface area contributed by atoms with Crippen LogP contribution in [0.25, 0.3) is 33.4 Å². The zero-order valence-electron chi connectivity index (χ0n) is 21.6. The molecule has 11 heteroatoms. The lowest BCUT2D eigenvalue weighted by molar-refractivity contribution is 0.0629. The van der Waals surface area contributed by atoms with Crippen LogP contribution in [0.3, 0.4) is 0 Å². The summed E-state index contributed by atoms with van der Waals surface area (Å²) in [6.07, 6.45) is 2.43. The summed E-state index contributed by atoms with van der Waals surface area (Å²) in [4.78, 5) is 36.9. The van der Waals surface area contributed by atoms with Crippen molar-refractivity contribution in [2.75, 3.05) is 25.5 Å².